The summed E-state index contributed by atoms with van der Waals surface area (Å²) in [5.74, 6) is 0. The molecular weight excluding hydrogens is 172 g/mol. The number of aliphatic hydroxyl groups is 1. The Kier molecular flexibility index (Phi) is 3.22. The van der Waals surface area contributed by atoms with Crippen LogP contribution in [0.1, 0.15) is 0 Å². The van der Waals surface area contributed by atoms with Gasteiger partial charge in [0, 0.05) is 6.07 Å². The number of nitro groups is 1. The average molecular weight is 181 g/mol. The van der Waals surface area contributed by atoms with E-state index >= 15 is 0 Å². The topological polar surface area (TPSA) is 77.5 Å². The van der Waals surface area contributed by atoms with E-state index in [9.17, 15) is 10.1 Å². The quantitative estimate of drug-likeness (QED) is 0.551. The highest BCUT2D eigenvalue weighted by molar-refractivity contribution is 5.55. The van der Waals surface area contributed by atoms with Gasteiger partial charge in [-0.05, 0) is 6.07 Å². The van der Waals surface area contributed by atoms with Crippen LogP contribution in [0.15, 0.2) is 24.3 Å². The zero-order chi connectivity index (χ0) is 9.68. The molecule has 0 saturated heterocycles. The van der Waals surface area contributed by atoms with Gasteiger partial charge in [0.1, 0.15) is 5.69 Å². The van der Waals surface area contributed by atoms with Crippen LogP contribution in [0.2, 0.25) is 0 Å². The Morgan fingerprint density at radius 2 is 2.15 bits per heavy atom. The first-order valence-electron chi connectivity index (χ1n) is 3.77. The van der Waals surface area contributed by atoms with Gasteiger partial charge in [-0.15, -0.1) is 0 Å². The lowest BCUT2D eigenvalue weighted by atomic mass is 10.2. The third kappa shape index (κ3) is 2.41. The van der Waals surface area contributed by atoms with Gasteiger partial charge in [0.25, 0.3) is 5.69 Å². The zero-order valence-corrected chi connectivity index (χ0v) is 6.88. The standard InChI is InChI=1S/C8H9N2O3/c11-6-5-9-7-3-1-2-4-8(7)10(12)13/h1-4,11H,5-6H2. The molecule has 0 aromatic heterocycles. The molecule has 1 rings (SSSR count). The Hall–Kier alpha value is -1.62. The van der Waals surface area contributed by atoms with E-state index in [1.165, 1.54) is 6.07 Å². The van der Waals surface area contributed by atoms with Gasteiger partial charge >= 0.3 is 0 Å². The molecule has 0 spiro atoms. The smallest absolute Gasteiger partial charge is 0.294 e. The minimum Gasteiger partial charge on any atom is -0.394 e. The minimum atomic E-state index is -0.490. The van der Waals surface area contributed by atoms with Gasteiger partial charge in [-0.3, -0.25) is 15.4 Å². The molecule has 1 aromatic rings. The summed E-state index contributed by atoms with van der Waals surface area (Å²) in [6.45, 7) is 0.0803. The fraction of sp³-hybridized carbons (Fsp3) is 0.250. The number of hydrogen-bond donors (Lipinski definition) is 1. The fourth-order valence-corrected chi connectivity index (χ4v) is 0.923. The number of rotatable bonds is 4. The van der Waals surface area contributed by atoms with Crippen molar-refractivity contribution >= 4 is 11.4 Å². The van der Waals surface area contributed by atoms with E-state index < -0.39 is 4.92 Å². The van der Waals surface area contributed by atoms with Crippen molar-refractivity contribution in [1.82, 2.24) is 5.32 Å². The van der Waals surface area contributed by atoms with Gasteiger partial charge in [-0.2, -0.15) is 0 Å². The number of hydrogen-bond acceptors (Lipinski definition) is 3. The molecular formula is C8H9N2O3. The van der Waals surface area contributed by atoms with E-state index in [-0.39, 0.29) is 18.8 Å². The molecule has 0 fully saturated rings. The second kappa shape index (κ2) is 4.42. The highest BCUT2D eigenvalue weighted by Crippen LogP contribution is 2.22. The first-order valence-corrected chi connectivity index (χ1v) is 3.77. The molecule has 0 heterocycles. The predicted octanol–water partition coefficient (Wildman–Crippen LogP) is 0.823. The van der Waals surface area contributed by atoms with Gasteiger partial charge < -0.3 is 5.11 Å². The Bertz CT molecular complexity index is 301. The van der Waals surface area contributed by atoms with Crippen LogP contribution in [0, 0.1) is 10.1 Å². The Morgan fingerprint density at radius 1 is 1.46 bits per heavy atom. The molecule has 0 aliphatic heterocycles. The zero-order valence-electron chi connectivity index (χ0n) is 6.88. The molecule has 1 N–H and O–H groups in total. The Balaban J connectivity index is 2.84. The summed E-state index contributed by atoms with van der Waals surface area (Å²) in [5.41, 5.74) is 0.275. The molecule has 0 amide bonds. The van der Waals surface area contributed by atoms with E-state index in [2.05, 4.69) is 5.32 Å². The van der Waals surface area contributed by atoms with Crippen LogP contribution < -0.4 is 5.32 Å². The highest BCUT2D eigenvalue weighted by Gasteiger charge is 2.11. The monoisotopic (exact) mass is 181 g/mol. The molecule has 5 nitrogen and oxygen atoms in total. The lowest BCUT2D eigenvalue weighted by Gasteiger charge is -2.00. The third-order valence-electron chi connectivity index (χ3n) is 1.46. The number of aliphatic hydroxyl groups excluding tert-OH is 1. The second-order valence-corrected chi connectivity index (χ2v) is 2.35. The van der Waals surface area contributed by atoms with Crippen molar-refractivity contribution in [2.24, 2.45) is 0 Å². The normalized spacial score (nSPS) is 9.62. The molecule has 13 heavy (non-hydrogen) atoms. The van der Waals surface area contributed by atoms with Crippen LogP contribution in [0.25, 0.3) is 0 Å². The maximum Gasteiger partial charge on any atom is 0.294 e. The summed E-state index contributed by atoms with van der Waals surface area (Å²) in [6.07, 6.45) is 0. The van der Waals surface area contributed by atoms with Crippen molar-refractivity contribution in [2.75, 3.05) is 13.2 Å². The van der Waals surface area contributed by atoms with Crippen molar-refractivity contribution in [2.45, 2.75) is 0 Å². The van der Waals surface area contributed by atoms with Crippen LogP contribution in [-0.2, 0) is 0 Å². The number of benzene rings is 1. The van der Waals surface area contributed by atoms with Gasteiger partial charge in [-0.25, -0.2) is 0 Å². The van der Waals surface area contributed by atoms with Gasteiger partial charge in [0.2, 0.25) is 0 Å². The lowest BCUT2D eigenvalue weighted by Crippen LogP contribution is -2.06. The number of nitro benzene ring substituents is 1. The molecule has 0 aliphatic carbocycles. The van der Waals surface area contributed by atoms with E-state index in [1.54, 1.807) is 18.2 Å². The predicted molar refractivity (Wildman–Crippen MR) is 46.8 cm³/mol. The maximum absolute atomic E-state index is 10.5. The third-order valence-corrected chi connectivity index (χ3v) is 1.46. The Labute approximate surface area is 75.2 Å². The van der Waals surface area contributed by atoms with Gasteiger partial charge in [0.05, 0.1) is 18.1 Å². The van der Waals surface area contributed by atoms with Crippen LogP contribution in [-0.4, -0.2) is 23.2 Å². The van der Waals surface area contributed by atoms with Crippen LogP contribution in [0.5, 0.6) is 0 Å². The fourth-order valence-electron chi connectivity index (χ4n) is 0.923. The SMILES string of the molecule is O=[N+]([O-])c1ccccc1[N]CCO. The summed E-state index contributed by atoms with van der Waals surface area (Å²) in [4.78, 5) is 9.98. The summed E-state index contributed by atoms with van der Waals surface area (Å²) in [6, 6.07) is 6.18. The summed E-state index contributed by atoms with van der Waals surface area (Å²) >= 11 is 0. The van der Waals surface area contributed by atoms with Gasteiger partial charge in [-0.1, -0.05) is 12.1 Å². The maximum atomic E-state index is 10.5. The summed E-state index contributed by atoms with van der Waals surface area (Å²) < 4.78 is 0. The molecule has 0 unspecified atom stereocenters. The van der Waals surface area contributed by atoms with Crippen molar-refractivity contribution < 1.29 is 10.0 Å². The van der Waals surface area contributed by atoms with Crippen LogP contribution in [0.4, 0.5) is 11.4 Å². The molecule has 0 aliphatic rings. The minimum absolute atomic E-state index is 0.0315. The van der Waals surface area contributed by atoms with E-state index in [1.807, 2.05) is 0 Å². The molecule has 0 saturated carbocycles. The van der Waals surface area contributed by atoms with E-state index in [4.69, 9.17) is 5.11 Å². The van der Waals surface area contributed by atoms with E-state index in [0.717, 1.165) is 0 Å². The summed E-state index contributed by atoms with van der Waals surface area (Å²) in [5, 5.41) is 22.8. The molecule has 5 heteroatoms. The number of nitrogens with zero attached hydrogens (tertiary/aromatic N) is 2. The molecule has 1 radical (unpaired) electrons. The average Bonchev–Trinajstić information content (AvgIpc) is 2.15. The van der Waals surface area contributed by atoms with Crippen molar-refractivity contribution in [3.05, 3.63) is 34.4 Å². The molecule has 0 bridgehead atoms. The summed E-state index contributed by atoms with van der Waals surface area (Å²) in [7, 11) is 0. The van der Waals surface area contributed by atoms with Crippen molar-refractivity contribution in [3.63, 3.8) is 0 Å². The van der Waals surface area contributed by atoms with Crippen LogP contribution in [0.3, 0.4) is 0 Å². The van der Waals surface area contributed by atoms with E-state index in [0.29, 0.717) is 5.69 Å². The highest BCUT2D eigenvalue weighted by atomic mass is 16.6. The Morgan fingerprint density at radius 3 is 2.77 bits per heavy atom. The van der Waals surface area contributed by atoms with Crippen molar-refractivity contribution in [1.29, 1.82) is 0 Å². The molecule has 1 aromatic carbocycles. The largest absolute Gasteiger partial charge is 0.394 e. The lowest BCUT2D eigenvalue weighted by molar-refractivity contribution is -0.384. The second-order valence-electron chi connectivity index (χ2n) is 2.35. The number of para-hydroxylation sites is 2. The molecule has 69 valence electrons. The molecule has 0 atom stereocenters. The first-order chi connectivity index (χ1) is 6.25. The van der Waals surface area contributed by atoms with Crippen LogP contribution >= 0.6 is 0 Å². The first kappa shape index (κ1) is 9.47. The van der Waals surface area contributed by atoms with Crippen molar-refractivity contribution in [3.8, 4) is 0 Å². The van der Waals surface area contributed by atoms with Gasteiger partial charge in [0.15, 0.2) is 0 Å².